The van der Waals surface area contributed by atoms with E-state index >= 15 is 0 Å². The van der Waals surface area contributed by atoms with Crippen LogP contribution in [0.3, 0.4) is 0 Å². The van der Waals surface area contributed by atoms with Crippen LogP contribution in [0.15, 0.2) is 102 Å². The molecule has 348 valence electrons. The number of imidazole rings is 2. The Bertz CT molecular complexity index is 3010. The Kier molecular flexibility index (Phi) is 12.6. The van der Waals surface area contributed by atoms with E-state index in [0.29, 0.717) is 62.5 Å². The van der Waals surface area contributed by atoms with Gasteiger partial charge in [0.05, 0.1) is 35.9 Å². The highest BCUT2D eigenvalue weighted by Crippen LogP contribution is 2.49. The van der Waals surface area contributed by atoms with Gasteiger partial charge in [0.25, 0.3) is 17.4 Å². The molecule has 0 spiro atoms. The Labute approximate surface area is 384 Å². The van der Waals surface area contributed by atoms with Crippen molar-refractivity contribution in [3.05, 3.63) is 130 Å². The number of benzene rings is 2. The molecule has 2 aromatic carbocycles. The summed E-state index contributed by atoms with van der Waals surface area (Å²) in [7, 11) is 0. The maximum atomic E-state index is 12.6. The van der Waals surface area contributed by atoms with E-state index in [1.165, 1.54) is 23.5 Å². The summed E-state index contributed by atoms with van der Waals surface area (Å²) in [6.45, 7) is 12.3. The van der Waals surface area contributed by atoms with Crippen molar-refractivity contribution in [2.75, 3.05) is 23.7 Å². The number of aromatic nitrogens is 10. The second-order valence-corrected chi connectivity index (χ2v) is 17.4. The molecule has 20 heteroatoms. The minimum atomic E-state index is -0.404. The Morgan fingerprint density at radius 1 is 0.731 bits per heavy atom. The summed E-state index contributed by atoms with van der Waals surface area (Å²) in [5.74, 6) is 1.10. The van der Waals surface area contributed by atoms with Crippen molar-refractivity contribution < 1.29 is 19.1 Å². The van der Waals surface area contributed by atoms with E-state index < -0.39 is 5.69 Å². The Morgan fingerprint density at radius 3 is 1.87 bits per heavy atom. The lowest BCUT2D eigenvalue weighted by atomic mass is 9.78. The van der Waals surface area contributed by atoms with Gasteiger partial charge < -0.3 is 35.7 Å². The topological polar surface area (TPSA) is 254 Å². The van der Waals surface area contributed by atoms with Crippen LogP contribution in [-0.2, 0) is 9.47 Å². The van der Waals surface area contributed by atoms with Crippen LogP contribution < -0.4 is 32.5 Å². The van der Waals surface area contributed by atoms with Crippen LogP contribution in [0.4, 0.5) is 11.6 Å². The number of hydrogen-bond acceptors (Lipinski definition) is 14. The molecule has 4 fully saturated rings. The van der Waals surface area contributed by atoms with Gasteiger partial charge in [0.2, 0.25) is 0 Å². The molecule has 67 heavy (non-hydrogen) atoms. The number of aryl methyl sites for hydroxylation is 1. The smallest absolute Gasteiger partial charge is 0.330 e. The fourth-order valence-electron chi connectivity index (χ4n) is 9.95. The largest absolute Gasteiger partial charge is 0.349 e. The second kappa shape index (κ2) is 18.7. The molecule has 6 N–H and O–H groups in total. The quantitative estimate of drug-likeness (QED) is 0.119. The summed E-state index contributed by atoms with van der Waals surface area (Å²) in [6.07, 6.45) is 11.0. The summed E-state index contributed by atoms with van der Waals surface area (Å²) in [5, 5.41) is 12.6. The van der Waals surface area contributed by atoms with E-state index in [4.69, 9.17) is 9.47 Å². The summed E-state index contributed by atoms with van der Waals surface area (Å²) in [5.41, 5.74) is 2.98. The third-order valence-electron chi connectivity index (χ3n) is 13.9. The molecule has 11 rings (SSSR count). The number of carbonyl (C=O) groups is 2. The summed E-state index contributed by atoms with van der Waals surface area (Å²) >= 11 is 0. The molecule has 20 nitrogen and oxygen atoms in total. The van der Waals surface area contributed by atoms with Gasteiger partial charge >= 0.3 is 5.69 Å². The van der Waals surface area contributed by atoms with E-state index in [9.17, 15) is 19.2 Å². The molecule has 4 saturated heterocycles. The van der Waals surface area contributed by atoms with Gasteiger partial charge in [-0.3, -0.25) is 28.5 Å². The fourth-order valence-corrected chi connectivity index (χ4v) is 9.95. The number of aromatic amines is 2. The monoisotopic (exact) mass is 910 g/mol. The molecule has 2 amide bonds. The first-order chi connectivity index (χ1) is 32.5. The van der Waals surface area contributed by atoms with Crippen LogP contribution in [-0.4, -0.2) is 97.2 Å². The number of nitrogens with zero attached hydrogens (tertiary/aromatic N) is 8. The van der Waals surface area contributed by atoms with Crippen LogP contribution in [0, 0.1) is 18.8 Å². The summed E-state index contributed by atoms with van der Waals surface area (Å²) in [4.78, 5) is 78.5. The number of rotatable bonds is 8. The van der Waals surface area contributed by atoms with Gasteiger partial charge in [-0.1, -0.05) is 64.1 Å². The highest BCUT2D eigenvalue weighted by molar-refractivity contribution is 6.07. The van der Waals surface area contributed by atoms with E-state index in [1.54, 1.807) is 55.8 Å². The second-order valence-electron chi connectivity index (χ2n) is 17.4. The number of H-pyrrole nitrogens is 2. The molecule has 0 aliphatic carbocycles. The van der Waals surface area contributed by atoms with Gasteiger partial charge in [-0.2, -0.15) is 0 Å². The lowest BCUT2D eigenvalue weighted by molar-refractivity contribution is -0.0868. The zero-order valence-electron chi connectivity index (χ0n) is 37.9. The molecule has 4 bridgehead atoms. The van der Waals surface area contributed by atoms with Crippen LogP contribution in [0.5, 0.6) is 0 Å². The number of ether oxygens (including phenoxy) is 2. The molecule has 9 heterocycles. The van der Waals surface area contributed by atoms with Crippen LogP contribution in [0.1, 0.15) is 92.1 Å². The number of amides is 2. The number of hydrogen-bond donors (Lipinski definition) is 6. The first-order valence-electron chi connectivity index (χ1n) is 22.6. The molecular formula is C47H54N14O6. The van der Waals surface area contributed by atoms with Gasteiger partial charge in [-0.25, -0.2) is 34.7 Å². The zero-order chi connectivity index (χ0) is 46.9. The van der Waals surface area contributed by atoms with Crippen LogP contribution in [0.2, 0.25) is 0 Å². The van der Waals surface area contributed by atoms with Crippen molar-refractivity contribution in [3.8, 4) is 0 Å². The van der Waals surface area contributed by atoms with E-state index in [0.717, 1.165) is 38.8 Å². The first-order valence-corrected chi connectivity index (χ1v) is 22.6. The predicted molar refractivity (Wildman–Crippen MR) is 249 cm³/mol. The fraction of sp³-hybridized carbons (Fsp3) is 0.404. The van der Waals surface area contributed by atoms with Crippen molar-refractivity contribution >= 4 is 45.8 Å². The minimum absolute atomic E-state index is 0.103. The maximum Gasteiger partial charge on any atom is 0.330 e. The van der Waals surface area contributed by atoms with Crippen LogP contribution in [0.25, 0.3) is 22.3 Å². The molecule has 4 aliphatic rings. The Balaban J connectivity index is 0.000000131. The van der Waals surface area contributed by atoms with Gasteiger partial charge in [0, 0.05) is 34.7 Å². The van der Waals surface area contributed by atoms with Crippen molar-refractivity contribution in [3.63, 3.8) is 0 Å². The van der Waals surface area contributed by atoms with Crippen LogP contribution >= 0.6 is 0 Å². The van der Waals surface area contributed by atoms with Gasteiger partial charge in [-0.15, -0.1) is 0 Å². The number of nitrogens with one attached hydrogen (secondary N) is 6. The lowest BCUT2D eigenvalue weighted by Gasteiger charge is -2.36. The lowest BCUT2D eigenvalue weighted by Crippen LogP contribution is -2.50. The molecule has 8 atom stereocenters. The summed E-state index contributed by atoms with van der Waals surface area (Å²) in [6, 6.07) is 18.3. The zero-order valence-corrected chi connectivity index (χ0v) is 37.9. The average molecular weight is 911 g/mol. The Hall–Kier alpha value is -7.00. The van der Waals surface area contributed by atoms with Gasteiger partial charge in [0.1, 0.15) is 18.2 Å². The summed E-state index contributed by atoms with van der Waals surface area (Å²) < 4.78 is 16.4. The van der Waals surface area contributed by atoms with Crippen molar-refractivity contribution in [1.82, 2.24) is 59.6 Å². The molecule has 5 aromatic heterocycles. The first kappa shape index (κ1) is 45.2. The molecule has 0 saturated carbocycles. The molecular weight excluding hydrogens is 857 g/mol. The van der Waals surface area contributed by atoms with Crippen molar-refractivity contribution in [2.24, 2.45) is 11.8 Å². The highest BCUT2D eigenvalue weighted by atomic mass is 16.5. The van der Waals surface area contributed by atoms with E-state index in [-0.39, 0.29) is 53.1 Å². The normalized spacial score (nSPS) is 26.0. The average Bonchev–Trinajstić information content (AvgIpc) is 4.07. The molecule has 7 aromatic rings. The van der Waals surface area contributed by atoms with Gasteiger partial charge in [0.15, 0.2) is 40.9 Å². The molecule has 0 radical (unpaired) electrons. The van der Waals surface area contributed by atoms with Crippen molar-refractivity contribution in [1.29, 1.82) is 0 Å². The molecule has 4 aliphatic heterocycles. The standard InChI is InChI=1S/C21H24N6O2.C14H21N3O3.C12H9N5O/c1-3-21-9-10-22-15(13(21)2)20(29-21)27-12-25-16-17(23-11-24-18(16)27)26-19(28)14-7-5-4-6-8-14;1-4-14-5-6-15-10(9(14)3)12(20-14)17-7-8(2)11(18)16-13(17)19;18-12(8-4-2-1-3-5-8)17-11-9-10(14-6-13-9)15-7-16-11/h4-8,11-13,15,20,22H,3,9-10H2,1-2H3,(H,23,24,26,28);7,9-10,12,15H,4-6H2,1-3H3,(H,16,18,19);1-7H,(H2,13,14,15,16,17,18)/t13-,15+,20+,21-;9-,10+,12+,14-;/m00./s1. The van der Waals surface area contributed by atoms with Crippen molar-refractivity contribution in [2.45, 2.75) is 96.0 Å². The van der Waals surface area contributed by atoms with E-state index in [2.05, 4.69) is 88.8 Å². The SMILES string of the molecule is CC[C@@]12CCN[C@@H]([C@H](n3cc(C)c(=O)[nH]c3=O)O1)[C@@H]2C.CC[C@@]12CCN[C@@H]([C@H](n3cnc4c(NC(=O)c5ccccc5)ncnc43)O1)[C@@H]2C.O=C(Nc1ncnc2nc[nH]c12)c1ccccc1. The number of anilines is 2. The molecule has 0 unspecified atom stereocenters. The highest BCUT2D eigenvalue weighted by Gasteiger charge is 2.56. The predicted octanol–water partition coefficient (Wildman–Crippen LogP) is 4.88. The van der Waals surface area contributed by atoms with Gasteiger partial charge in [-0.05, 0) is 70.0 Å². The third-order valence-corrected chi connectivity index (χ3v) is 13.9. The number of piperidine rings is 2. The number of fused-ring (bicyclic) bond motifs is 6. The third kappa shape index (κ3) is 8.52. The van der Waals surface area contributed by atoms with E-state index in [1.807, 2.05) is 28.8 Å². The Morgan fingerprint density at radius 2 is 1.28 bits per heavy atom. The maximum absolute atomic E-state index is 12.6. The minimum Gasteiger partial charge on any atom is -0.349 e. The number of carbonyl (C=O) groups excluding carboxylic acids is 2.